The lowest BCUT2D eigenvalue weighted by Crippen LogP contribution is -2.56. The molecule has 4 rings (SSSR count). The minimum atomic E-state index is -0.970. The van der Waals surface area contributed by atoms with Gasteiger partial charge in [-0.2, -0.15) is 4.98 Å². The summed E-state index contributed by atoms with van der Waals surface area (Å²) in [5.41, 5.74) is -0.129. The van der Waals surface area contributed by atoms with Crippen LogP contribution in [0.3, 0.4) is 0 Å². The first-order chi connectivity index (χ1) is 14.8. The minimum absolute atomic E-state index is 0.129. The molecule has 1 saturated heterocycles. The van der Waals surface area contributed by atoms with Crippen molar-refractivity contribution in [2.45, 2.75) is 44.7 Å². The Bertz CT molecular complexity index is 982. The van der Waals surface area contributed by atoms with E-state index in [1.165, 1.54) is 0 Å². The van der Waals surface area contributed by atoms with Crippen LogP contribution in [-0.4, -0.2) is 57.2 Å². The molecule has 1 aliphatic heterocycles. The number of nitrogens with zero attached hydrogens (tertiary/aromatic N) is 3. The number of halogens is 2. The number of nitrogens with one attached hydrogen (secondary N) is 1. The molecule has 1 saturated carbocycles. The minimum Gasteiger partial charge on any atom is -0.481 e. The summed E-state index contributed by atoms with van der Waals surface area (Å²) in [6.07, 6.45) is 3.85. The molecule has 8 nitrogen and oxygen atoms in total. The summed E-state index contributed by atoms with van der Waals surface area (Å²) in [4.78, 5) is 30.6. The summed E-state index contributed by atoms with van der Waals surface area (Å²) in [5.74, 6) is -4.14. The Hall–Kier alpha value is -2.88. The fourth-order valence-electron chi connectivity index (χ4n) is 4.69. The van der Waals surface area contributed by atoms with Gasteiger partial charge in [0, 0.05) is 31.2 Å². The van der Waals surface area contributed by atoms with Gasteiger partial charge in [-0.05, 0) is 37.3 Å². The van der Waals surface area contributed by atoms with Crippen molar-refractivity contribution in [3.8, 4) is 11.5 Å². The van der Waals surface area contributed by atoms with E-state index in [4.69, 9.17) is 4.52 Å². The first-order valence-corrected chi connectivity index (χ1v) is 10.4. The number of rotatable bonds is 5. The second-order valence-corrected chi connectivity index (χ2v) is 8.33. The van der Waals surface area contributed by atoms with Gasteiger partial charge in [0.25, 0.3) is 17.6 Å². The van der Waals surface area contributed by atoms with E-state index < -0.39 is 35.5 Å². The van der Waals surface area contributed by atoms with Gasteiger partial charge in [-0.3, -0.25) is 14.5 Å². The molecule has 2 N–H and O–H groups in total. The van der Waals surface area contributed by atoms with E-state index in [1.54, 1.807) is 0 Å². The highest BCUT2D eigenvalue weighted by Gasteiger charge is 2.40. The maximum absolute atomic E-state index is 13.9. The van der Waals surface area contributed by atoms with Crippen LogP contribution in [0.1, 0.15) is 43.2 Å². The van der Waals surface area contributed by atoms with E-state index in [0.29, 0.717) is 37.5 Å². The molecule has 4 atom stereocenters. The zero-order valence-electron chi connectivity index (χ0n) is 17.1. The zero-order chi connectivity index (χ0) is 22.1. The van der Waals surface area contributed by atoms with Crippen molar-refractivity contribution in [2.75, 3.05) is 13.1 Å². The molecule has 166 valence electrons. The van der Waals surface area contributed by atoms with Crippen LogP contribution in [0.2, 0.25) is 0 Å². The maximum atomic E-state index is 13.9. The molecular weight excluding hydrogens is 410 g/mol. The number of carboxylic acid groups (broad SMARTS) is 1. The summed E-state index contributed by atoms with van der Waals surface area (Å²) in [6, 6.07) is 2.65. The molecule has 10 heteroatoms. The monoisotopic (exact) mass is 434 g/mol. The highest BCUT2D eigenvalue weighted by atomic mass is 19.1. The predicted molar refractivity (Wildman–Crippen MR) is 105 cm³/mol. The molecular formula is C21H24F2N4O4. The van der Waals surface area contributed by atoms with Crippen molar-refractivity contribution < 1.29 is 28.0 Å². The van der Waals surface area contributed by atoms with Gasteiger partial charge in [-0.1, -0.05) is 18.5 Å². The van der Waals surface area contributed by atoms with E-state index in [1.807, 2.05) is 0 Å². The highest BCUT2D eigenvalue weighted by Crippen LogP contribution is 2.32. The number of amides is 1. The second kappa shape index (κ2) is 8.70. The fourth-order valence-corrected chi connectivity index (χ4v) is 4.69. The third-order valence-electron chi connectivity index (χ3n) is 6.35. The summed E-state index contributed by atoms with van der Waals surface area (Å²) >= 11 is 0. The van der Waals surface area contributed by atoms with Crippen molar-refractivity contribution in [1.82, 2.24) is 20.4 Å². The molecule has 0 spiro atoms. The Labute approximate surface area is 177 Å². The lowest BCUT2D eigenvalue weighted by Gasteiger charge is -2.41. The Morgan fingerprint density at radius 3 is 2.74 bits per heavy atom. The van der Waals surface area contributed by atoms with Gasteiger partial charge in [0.15, 0.2) is 0 Å². The van der Waals surface area contributed by atoms with E-state index in [9.17, 15) is 23.5 Å². The average Bonchev–Trinajstić information content (AvgIpc) is 3.37. The molecule has 1 amide bonds. The maximum Gasteiger partial charge on any atom is 0.309 e. The van der Waals surface area contributed by atoms with Crippen LogP contribution in [0.25, 0.3) is 11.5 Å². The summed E-state index contributed by atoms with van der Waals surface area (Å²) in [6.45, 7) is 3.26. The molecule has 2 unspecified atom stereocenters. The average molecular weight is 434 g/mol. The van der Waals surface area contributed by atoms with Crippen molar-refractivity contribution in [3.63, 3.8) is 0 Å². The quantitative estimate of drug-likeness (QED) is 0.745. The Morgan fingerprint density at radius 2 is 2.06 bits per heavy atom. The number of aliphatic carboxylic acids is 1. The van der Waals surface area contributed by atoms with Crippen LogP contribution in [0, 0.1) is 23.5 Å². The molecule has 0 radical (unpaired) electrons. The van der Waals surface area contributed by atoms with Gasteiger partial charge in [0.1, 0.15) is 11.6 Å². The third-order valence-corrected chi connectivity index (χ3v) is 6.35. The molecule has 2 aromatic rings. The van der Waals surface area contributed by atoms with Gasteiger partial charge in [-0.25, -0.2) is 8.78 Å². The lowest BCUT2D eigenvalue weighted by atomic mass is 9.89. The number of carbonyl (C=O) groups is 2. The lowest BCUT2D eigenvalue weighted by molar-refractivity contribution is -0.145. The first-order valence-electron chi connectivity index (χ1n) is 10.4. The van der Waals surface area contributed by atoms with Gasteiger partial charge < -0.3 is 14.9 Å². The van der Waals surface area contributed by atoms with Crippen LogP contribution in [0.15, 0.2) is 22.7 Å². The molecule has 31 heavy (non-hydrogen) atoms. The molecule has 1 aliphatic carbocycles. The number of hydrogen-bond acceptors (Lipinski definition) is 6. The summed E-state index contributed by atoms with van der Waals surface area (Å²) < 4.78 is 31.9. The number of aromatic nitrogens is 2. The second-order valence-electron chi connectivity index (χ2n) is 8.33. The largest absolute Gasteiger partial charge is 0.481 e. The van der Waals surface area contributed by atoms with Crippen molar-refractivity contribution in [3.05, 3.63) is 35.7 Å². The Kier molecular flexibility index (Phi) is 5.99. The Morgan fingerprint density at radius 1 is 1.26 bits per heavy atom. The van der Waals surface area contributed by atoms with Gasteiger partial charge >= 0.3 is 5.97 Å². The van der Waals surface area contributed by atoms with Gasteiger partial charge in [0.05, 0.1) is 11.5 Å². The van der Waals surface area contributed by atoms with Gasteiger partial charge in [0.2, 0.25) is 0 Å². The highest BCUT2D eigenvalue weighted by molar-refractivity contribution is 5.91. The van der Waals surface area contributed by atoms with Crippen LogP contribution < -0.4 is 5.32 Å². The predicted octanol–water partition coefficient (Wildman–Crippen LogP) is 2.71. The molecule has 1 aromatic heterocycles. The SMILES string of the molecule is CC1CCCC1N1CC[C@@H](NC(=O)c2noc(-c3ccc(F)cc3F)n2)[C@H](C(=O)O)C1. The number of benzene rings is 1. The Balaban J connectivity index is 1.44. The smallest absolute Gasteiger partial charge is 0.309 e. The number of hydrogen-bond donors (Lipinski definition) is 2. The van der Waals surface area contributed by atoms with Crippen LogP contribution in [0.4, 0.5) is 8.78 Å². The van der Waals surface area contributed by atoms with E-state index in [-0.39, 0.29) is 17.3 Å². The standard InChI is InChI=1S/C21H24F2N4O4/c1-11-3-2-4-17(11)27-8-7-16(14(10-27)21(29)30)24-19(28)18-25-20(31-26-18)13-6-5-12(22)9-15(13)23/h5-6,9,11,14,16-17H,2-4,7-8,10H2,1H3,(H,24,28)(H,29,30)/t11?,14-,16-,17?/m1/s1. The fraction of sp³-hybridized carbons (Fsp3) is 0.524. The zero-order valence-corrected chi connectivity index (χ0v) is 17.1. The number of carboxylic acids is 1. The first kappa shape index (κ1) is 21.4. The van der Waals surface area contributed by atoms with Crippen molar-refractivity contribution >= 4 is 11.9 Å². The van der Waals surface area contributed by atoms with Crippen molar-refractivity contribution in [1.29, 1.82) is 0 Å². The van der Waals surface area contributed by atoms with Crippen molar-refractivity contribution in [2.24, 2.45) is 11.8 Å². The molecule has 2 fully saturated rings. The number of piperidine rings is 1. The van der Waals surface area contributed by atoms with Crippen LogP contribution in [-0.2, 0) is 4.79 Å². The van der Waals surface area contributed by atoms with Crippen LogP contribution in [0.5, 0.6) is 0 Å². The van der Waals surface area contributed by atoms with E-state index >= 15 is 0 Å². The molecule has 2 aliphatic rings. The molecule has 1 aromatic carbocycles. The topological polar surface area (TPSA) is 109 Å². The summed E-state index contributed by atoms with van der Waals surface area (Å²) in [7, 11) is 0. The van der Waals surface area contributed by atoms with E-state index in [0.717, 1.165) is 31.4 Å². The van der Waals surface area contributed by atoms with Crippen LogP contribution >= 0.6 is 0 Å². The molecule has 2 heterocycles. The summed E-state index contributed by atoms with van der Waals surface area (Å²) in [5, 5.41) is 16.0. The number of carbonyl (C=O) groups excluding carboxylic acids is 1. The normalized spacial score (nSPS) is 26.7. The molecule has 0 bridgehead atoms. The third kappa shape index (κ3) is 4.43. The van der Waals surface area contributed by atoms with E-state index in [2.05, 4.69) is 27.3 Å². The number of likely N-dealkylation sites (tertiary alicyclic amines) is 1. The van der Waals surface area contributed by atoms with Gasteiger partial charge in [-0.15, -0.1) is 0 Å².